The van der Waals surface area contributed by atoms with Crippen molar-refractivity contribution >= 4 is 23.0 Å². The van der Waals surface area contributed by atoms with Crippen LogP contribution in [-0.4, -0.2) is 31.8 Å². The maximum atomic E-state index is 12.2. The third kappa shape index (κ3) is 2.23. The van der Waals surface area contributed by atoms with Gasteiger partial charge in [0.05, 0.1) is 5.69 Å². The highest BCUT2D eigenvalue weighted by Gasteiger charge is 2.24. The van der Waals surface area contributed by atoms with Gasteiger partial charge in [-0.2, -0.15) is 5.10 Å². The number of nitrogen functional groups attached to an aromatic ring is 1. The third-order valence-electron chi connectivity index (χ3n) is 3.39. The second-order valence-electron chi connectivity index (χ2n) is 4.88. The van der Waals surface area contributed by atoms with Crippen molar-refractivity contribution in [1.82, 2.24) is 24.6 Å². The summed E-state index contributed by atoms with van der Waals surface area (Å²) in [6.45, 7) is 9.11. The largest absolute Gasteiger partial charge is 0.369 e. The van der Waals surface area contributed by atoms with Crippen LogP contribution >= 0.6 is 0 Å². The topological polar surface area (TPSA) is 90.8 Å². The molecule has 0 aromatic carbocycles. The number of aryl methyl sites for hydroxylation is 2. The molecule has 7 nitrogen and oxygen atoms in total. The van der Waals surface area contributed by atoms with E-state index in [9.17, 15) is 4.79 Å². The standard InChI is InChI=1S/C13H22N6O/c1-5-7-15-11(20)9(4)19-12-10(16-13(19)14)8(3)17-18(12)6-2/h9H,5-7H2,1-4H3,(H2,14,16)(H,15,20). The van der Waals surface area contributed by atoms with Gasteiger partial charge in [0.1, 0.15) is 11.6 Å². The number of carbonyl (C=O) groups is 1. The van der Waals surface area contributed by atoms with E-state index in [4.69, 9.17) is 5.73 Å². The van der Waals surface area contributed by atoms with Crippen LogP contribution < -0.4 is 11.1 Å². The third-order valence-corrected chi connectivity index (χ3v) is 3.39. The molecule has 1 unspecified atom stereocenters. The van der Waals surface area contributed by atoms with Gasteiger partial charge in [-0.05, 0) is 27.2 Å². The van der Waals surface area contributed by atoms with Gasteiger partial charge in [-0.25, -0.2) is 9.67 Å². The highest BCUT2D eigenvalue weighted by atomic mass is 16.2. The summed E-state index contributed by atoms with van der Waals surface area (Å²) >= 11 is 0. The van der Waals surface area contributed by atoms with Crippen molar-refractivity contribution in [2.24, 2.45) is 0 Å². The Balaban J connectivity index is 2.47. The fourth-order valence-corrected chi connectivity index (χ4v) is 2.32. The normalized spacial score (nSPS) is 12.8. The lowest BCUT2D eigenvalue weighted by Gasteiger charge is -2.16. The molecular formula is C13H22N6O. The summed E-state index contributed by atoms with van der Waals surface area (Å²) in [5.74, 6) is 0.293. The van der Waals surface area contributed by atoms with Gasteiger partial charge >= 0.3 is 0 Å². The molecule has 0 saturated heterocycles. The fraction of sp³-hybridized carbons (Fsp3) is 0.615. The number of imidazole rings is 1. The Bertz CT molecular complexity index is 626. The van der Waals surface area contributed by atoms with Crippen LogP contribution in [0, 0.1) is 6.92 Å². The van der Waals surface area contributed by atoms with Crippen LogP contribution in [0.15, 0.2) is 0 Å². The first kappa shape index (κ1) is 14.4. The Labute approximate surface area is 118 Å². The highest BCUT2D eigenvalue weighted by Crippen LogP contribution is 2.25. The minimum Gasteiger partial charge on any atom is -0.369 e. The molecule has 0 radical (unpaired) electrons. The Morgan fingerprint density at radius 2 is 2.15 bits per heavy atom. The molecular weight excluding hydrogens is 256 g/mol. The zero-order valence-electron chi connectivity index (χ0n) is 12.5. The molecule has 0 aliphatic heterocycles. The molecule has 1 amide bonds. The minimum atomic E-state index is -0.409. The molecule has 2 aromatic heterocycles. The molecule has 2 aromatic rings. The fourth-order valence-electron chi connectivity index (χ4n) is 2.32. The average molecular weight is 278 g/mol. The maximum absolute atomic E-state index is 12.2. The maximum Gasteiger partial charge on any atom is 0.242 e. The Morgan fingerprint density at radius 3 is 2.75 bits per heavy atom. The van der Waals surface area contributed by atoms with E-state index in [1.54, 1.807) is 4.57 Å². The van der Waals surface area contributed by atoms with Crippen molar-refractivity contribution in [2.45, 2.75) is 46.7 Å². The van der Waals surface area contributed by atoms with Crippen molar-refractivity contribution in [3.63, 3.8) is 0 Å². The number of nitrogens with two attached hydrogens (primary N) is 1. The molecule has 2 heterocycles. The Kier molecular flexibility index (Phi) is 3.96. The molecule has 0 bridgehead atoms. The lowest BCUT2D eigenvalue weighted by Crippen LogP contribution is -2.32. The van der Waals surface area contributed by atoms with Gasteiger partial charge in [0, 0.05) is 13.1 Å². The van der Waals surface area contributed by atoms with E-state index in [0.717, 1.165) is 23.3 Å². The number of aromatic nitrogens is 4. The van der Waals surface area contributed by atoms with E-state index in [0.29, 0.717) is 19.0 Å². The highest BCUT2D eigenvalue weighted by molar-refractivity contribution is 5.85. The smallest absolute Gasteiger partial charge is 0.242 e. The summed E-state index contributed by atoms with van der Waals surface area (Å²) in [6, 6.07) is -0.409. The molecule has 20 heavy (non-hydrogen) atoms. The Morgan fingerprint density at radius 1 is 1.45 bits per heavy atom. The monoisotopic (exact) mass is 278 g/mol. The van der Waals surface area contributed by atoms with Crippen molar-refractivity contribution in [1.29, 1.82) is 0 Å². The molecule has 0 spiro atoms. The average Bonchev–Trinajstić information content (AvgIpc) is 2.92. The molecule has 7 heteroatoms. The molecule has 1 atom stereocenters. The number of amides is 1. The summed E-state index contributed by atoms with van der Waals surface area (Å²) in [6.07, 6.45) is 0.902. The number of anilines is 1. The van der Waals surface area contributed by atoms with Crippen LogP contribution in [0.5, 0.6) is 0 Å². The van der Waals surface area contributed by atoms with Crippen LogP contribution in [0.2, 0.25) is 0 Å². The van der Waals surface area contributed by atoms with Crippen molar-refractivity contribution < 1.29 is 4.79 Å². The van der Waals surface area contributed by atoms with E-state index in [1.165, 1.54) is 0 Å². The van der Waals surface area contributed by atoms with Crippen LogP contribution in [0.1, 0.15) is 38.9 Å². The summed E-state index contributed by atoms with van der Waals surface area (Å²) < 4.78 is 3.58. The first-order valence-corrected chi connectivity index (χ1v) is 6.99. The second kappa shape index (κ2) is 5.52. The van der Waals surface area contributed by atoms with Crippen molar-refractivity contribution in [3.05, 3.63) is 5.69 Å². The van der Waals surface area contributed by atoms with Crippen LogP contribution in [0.25, 0.3) is 11.2 Å². The molecule has 110 valence electrons. The zero-order valence-corrected chi connectivity index (χ0v) is 12.5. The van der Waals surface area contributed by atoms with Gasteiger partial charge in [0.15, 0.2) is 5.65 Å². The van der Waals surface area contributed by atoms with Crippen LogP contribution in [-0.2, 0) is 11.3 Å². The quantitative estimate of drug-likeness (QED) is 0.860. The summed E-state index contributed by atoms with van der Waals surface area (Å²) in [5.41, 5.74) is 8.39. The van der Waals surface area contributed by atoms with Gasteiger partial charge in [0.25, 0.3) is 0 Å². The van der Waals surface area contributed by atoms with E-state index in [-0.39, 0.29) is 5.91 Å². The molecule has 2 rings (SSSR count). The Hall–Kier alpha value is -2.05. The molecule has 3 N–H and O–H groups in total. The number of fused-ring (bicyclic) bond motifs is 1. The SMILES string of the molecule is CCCNC(=O)C(C)n1c(N)nc2c(C)nn(CC)c21. The first-order valence-electron chi connectivity index (χ1n) is 6.99. The van der Waals surface area contributed by atoms with E-state index < -0.39 is 6.04 Å². The number of nitrogens with one attached hydrogen (secondary N) is 1. The first-order chi connectivity index (χ1) is 9.51. The van der Waals surface area contributed by atoms with Gasteiger partial charge in [-0.15, -0.1) is 0 Å². The summed E-state index contributed by atoms with van der Waals surface area (Å²) in [4.78, 5) is 16.5. The molecule has 0 fully saturated rings. The van der Waals surface area contributed by atoms with Crippen molar-refractivity contribution in [3.8, 4) is 0 Å². The van der Waals surface area contributed by atoms with Gasteiger partial charge < -0.3 is 11.1 Å². The predicted octanol–water partition coefficient (Wildman–Crippen LogP) is 1.23. The number of carbonyl (C=O) groups excluding carboxylic acids is 1. The minimum absolute atomic E-state index is 0.0562. The predicted molar refractivity (Wildman–Crippen MR) is 78.4 cm³/mol. The second-order valence-corrected chi connectivity index (χ2v) is 4.88. The number of hydrogen-bond acceptors (Lipinski definition) is 4. The molecule has 0 aliphatic carbocycles. The summed E-state index contributed by atoms with van der Waals surface area (Å²) in [5, 5.41) is 7.30. The van der Waals surface area contributed by atoms with Crippen LogP contribution in [0.3, 0.4) is 0 Å². The van der Waals surface area contributed by atoms with Gasteiger partial charge in [-0.1, -0.05) is 6.92 Å². The van der Waals surface area contributed by atoms with E-state index in [2.05, 4.69) is 15.4 Å². The van der Waals surface area contributed by atoms with E-state index >= 15 is 0 Å². The molecule has 0 saturated carbocycles. The lowest BCUT2D eigenvalue weighted by molar-refractivity contribution is -0.123. The van der Waals surface area contributed by atoms with Gasteiger partial charge in [-0.3, -0.25) is 9.36 Å². The van der Waals surface area contributed by atoms with Gasteiger partial charge in [0.2, 0.25) is 11.9 Å². The summed E-state index contributed by atoms with van der Waals surface area (Å²) in [7, 11) is 0. The van der Waals surface area contributed by atoms with E-state index in [1.807, 2.05) is 32.4 Å². The lowest BCUT2D eigenvalue weighted by atomic mass is 10.3. The number of nitrogens with zero attached hydrogens (tertiary/aromatic N) is 4. The molecule has 0 aliphatic rings. The number of hydrogen-bond donors (Lipinski definition) is 2. The number of rotatable bonds is 5. The van der Waals surface area contributed by atoms with Crippen molar-refractivity contribution in [2.75, 3.05) is 12.3 Å². The van der Waals surface area contributed by atoms with Crippen LogP contribution in [0.4, 0.5) is 5.95 Å². The zero-order chi connectivity index (χ0) is 14.9.